The van der Waals surface area contributed by atoms with E-state index in [0.29, 0.717) is 18.0 Å². The summed E-state index contributed by atoms with van der Waals surface area (Å²) < 4.78 is 27.8. The normalized spacial score (nSPS) is 19.4. The fraction of sp³-hybridized carbons (Fsp3) is 0.692. The van der Waals surface area contributed by atoms with E-state index in [9.17, 15) is 8.42 Å². The van der Waals surface area contributed by atoms with Crippen LogP contribution >= 0.6 is 27.3 Å². The Labute approximate surface area is 133 Å². The van der Waals surface area contributed by atoms with Gasteiger partial charge in [-0.05, 0) is 49.7 Å². The van der Waals surface area contributed by atoms with Gasteiger partial charge in [-0.3, -0.25) is 4.90 Å². The first-order valence-corrected chi connectivity index (χ1v) is 9.68. The average Bonchev–Trinajstić information content (AvgIpc) is 2.68. The molecule has 1 aliphatic rings. The molecule has 1 aromatic rings. The van der Waals surface area contributed by atoms with Gasteiger partial charge >= 0.3 is 0 Å². The summed E-state index contributed by atoms with van der Waals surface area (Å²) in [6.07, 6.45) is 0. The van der Waals surface area contributed by atoms with Crippen molar-refractivity contribution < 1.29 is 8.42 Å². The Morgan fingerprint density at radius 1 is 1.20 bits per heavy atom. The molecule has 2 heterocycles. The molecule has 1 fully saturated rings. The monoisotopic (exact) mass is 380 g/mol. The molecular weight excluding hydrogens is 360 g/mol. The molecule has 114 valence electrons. The number of nitrogens with zero attached hydrogens (tertiary/aromatic N) is 2. The van der Waals surface area contributed by atoms with Gasteiger partial charge in [-0.2, -0.15) is 4.31 Å². The van der Waals surface area contributed by atoms with Gasteiger partial charge in [0.2, 0.25) is 10.0 Å². The number of halogens is 1. The maximum atomic E-state index is 12.7. The zero-order valence-corrected chi connectivity index (χ0v) is 15.5. The smallest absolute Gasteiger partial charge is 0.244 e. The topological polar surface area (TPSA) is 40.6 Å². The Hall–Kier alpha value is 0.0500. The van der Waals surface area contributed by atoms with E-state index in [-0.39, 0.29) is 5.54 Å². The summed E-state index contributed by atoms with van der Waals surface area (Å²) in [6, 6.07) is 1.71. The highest BCUT2D eigenvalue weighted by Gasteiger charge is 2.33. The van der Waals surface area contributed by atoms with Crippen molar-refractivity contribution in [1.82, 2.24) is 9.21 Å². The van der Waals surface area contributed by atoms with E-state index in [0.717, 1.165) is 21.8 Å². The minimum Gasteiger partial charge on any atom is -0.296 e. The third-order valence-electron chi connectivity index (χ3n) is 3.65. The summed E-state index contributed by atoms with van der Waals surface area (Å²) in [4.78, 5) is 3.61. The van der Waals surface area contributed by atoms with Crippen LogP contribution in [0.4, 0.5) is 0 Å². The van der Waals surface area contributed by atoms with Crippen molar-refractivity contribution in [3.63, 3.8) is 0 Å². The van der Waals surface area contributed by atoms with Crippen LogP contribution in [0.15, 0.2) is 14.7 Å². The molecule has 0 amide bonds. The summed E-state index contributed by atoms with van der Waals surface area (Å²) >= 11 is 4.83. The molecule has 7 heteroatoms. The van der Waals surface area contributed by atoms with Crippen molar-refractivity contribution in [3.05, 3.63) is 14.7 Å². The summed E-state index contributed by atoms with van der Waals surface area (Å²) in [5.41, 5.74) is 0.0944. The van der Waals surface area contributed by atoms with Crippen molar-refractivity contribution >= 4 is 37.3 Å². The molecular formula is C13H21BrN2O2S2. The van der Waals surface area contributed by atoms with Crippen LogP contribution in [0.1, 0.15) is 25.6 Å². The number of thiophene rings is 1. The molecule has 0 radical (unpaired) electrons. The van der Waals surface area contributed by atoms with Crippen LogP contribution in [-0.4, -0.2) is 49.3 Å². The second-order valence-corrected chi connectivity index (χ2v) is 10.6. The maximum absolute atomic E-state index is 12.7. The molecule has 0 saturated carbocycles. The first-order valence-electron chi connectivity index (χ1n) is 6.63. The van der Waals surface area contributed by atoms with Crippen LogP contribution < -0.4 is 0 Å². The molecule has 0 aromatic carbocycles. The lowest BCUT2D eigenvalue weighted by Gasteiger charge is -2.41. The zero-order valence-electron chi connectivity index (χ0n) is 12.3. The van der Waals surface area contributed by atoms with Gasteiger partial charge in [0.1, 0.15) is 0 Å². The zero-order chi connectivity index (χ0) is 15.1. The molecule has 0 atom stereocenters. The molecule has 0 aliphatic carbocycles. The van der Waals surface area contributed by atoms with E-state index >= 15 is 0 Å². The van der Waals surface area contributed by atoms with E-state index in [1.165, 1.54) is 11.3 Å². The van der Waals surface area contributed by atoms with Crippen molar-refractivity contribution in [2.75, 3.05) is 26.2 Å². The second-order valence-electron chi connectivity index (χ2n) is 6.03. The minimum absolute atomic E-state index is 0.0944. The predicted molar refractivity (Wildman–Crippen MR) is 86.8 cm³/mol. The molecule has 0 spiro atoms. The van der Waals surface area contributed by atoms with Crippen molar-refractivity contribution in [2.45, 2.75) is 38.1 Å². The van der Waals surface area contributed by atoms with Gasteiger partial charge in [0.05, 0.1) is 8.68 Å². The molecule has 2 rings (SSSR count). The maximum Gasteiger partial charge on any atom is 0.244 e. The van der Waals surface area contributed by atoms with Crippen LogP contribution in [0.3, 0.4) is 0 Å². The molecule has 4 nitrogen and oxygen atoms in total. The van der Waals surface area contributed by atoms with Crippen molar-refractivity contribution in [2.24, 2.45) is 0 Å². The number of aryl methyl sites for hydroxylation is 1. The van der Waals surface area contributed by atoms with Crippen molar-refractivity contribution in [3.8, 4) is 0 Å². The molecule has 1 saturated heterocycles. The Kier molecular flexibility index (Phi) is 4.67. The highest BCUT2D eigenvalue weighted by molar-refractivity contribution is 9.11. The average molecular weight is 381 g/mol. The molecule has 0 unspecified atom stereocenters. The lowest BCUT2D eigenvalue weighted by molar-refractivity contribution is 0.0922. The predicted octanol–water partition coefficient (Wildman–Crippen LogP) is 2.92. The van der Waals surface area contributed by atoms with Crippen LogP contribution in [0.25, 0.3) is 0 Å². The molecule has 20 heavy (non-hydrogen) atoms. The number of hydrogen-bond donors (Lipinski definition) is 0. The third kappa shape index (κ3) is 3.27. The fourth-order valence-electron chi connectivity index (χ4n) is 2.43. The summed E-state index contributed by atoms with van der Waals surface area (Å²) in [7, 11) is -3.35. The summed E-state index contributed by atoms with van der Waals surface area (Å²) in [5.74, 6) is 0. The van der Waals surface area contributed by atoms with E-state index in [1.54, 1.807) is 10.4 Å². The van der Waals surface area contributed by atoms with E-state index in [2.05, 4.69) is 41.6 Å². The van der Waals surface area contributed by atoms with Gasteiger partial charge in [-0.1, -0.05) is 0 Å². The molecule has 0 bridgehead atoms. The molecule has 0 N–H and O–H groups in total. The first kappa shape index (κ1) is 16.4. The first-order chi connectivity index (χ1) is 9.12. The molecule has 1 aliphatic heterocycles. The van der Waals surface area contributed by atoms with Crippen LogP contribution in [0, 0.1) is 6.92 Å². The van der Waals surface area contributed by atoms with Gasteiger partial charge < -0.3 is 0 Å². The van der Waals surface area contributed by atoms with Crippen molar-refractivity contribution in [1.29, 1.82) is 0 Å². The van der Waals surface area contributed by atoms with Gasteiger partial charge in [-0.25, -0.2) is 8.42 Å². The van der Waals surface area contributed by atoms with E-state index < -0.39 is 10.0 Å². The van der Waals surface area contributed by atoms with Gasteiger partial charge in [0.15, 0.2) is 0 Å². The number of rotatable bonds is 2. The Bertz CT molecular complexity index is 582. The lowest BCUT2D eigenvalue weighted by Crippen LogP contribution is -2.54. The molecule has 1 aromatic heterocycles. The largest absolute Gasteiger partial charge is 0.296 e. The SMILES string of the molecule is Cc1sc(Br)cc1S(=O)(=O)N1CCN(C(C)(C)C)CC1. The highest BCUT2D eigenvalue weighted by atomic mass is 79.9. The van der Waals surface area contributed by atoms with Crippen LogP contribution in [0.2, 0.25) is 0 Å². The minimum atomic E-state index is -3.35. The van der Waals surface area contributed by atoms with E-state index in [1.807, 2.05) is 6.92 Å². The quantitative estimate of drug-likeness (QED) is 0.791. The standard InChI is InChI=1S/C13H21BrN2O2S2/c1-10-11(9-12(14)19-10)20(17,18)16-7-5-15(6-8-16)13(2,3)4/h9H,5-8H2,1-4H3. The van der Waals surface area contributed by atoms with Gasteiger partial charge in [0, 0.05) is 36.6 Å². The number of sulfonamides is 1. The Balaban J connectivity index is 2.16. The Morgan fingerprint density at radius 3 is 2.15 bits per heavy atom. The third-order valence-corrected chi connectivity index (χ3v) is 7.35. The van der Waals surface area contributed by atoms with Crippen LogP contribution in [0.5, 0.6) is 0 Å². The van der Waals surface area contributed by atoms with Crippen LogP contribution in [-0.2, 0) is 10.0 Å². The number of hydrogen-bond acceptors (Lipinski definition) is 4. The number of piperazine rings is 1. The highest BCUT2D eigenvalue weighted by Crippen LogP contribution is 2.32. The summed E-state index contributed by atoms with van der Waals surface area (Å²) in [6.45, 7) is 11.0. The van der Waals surface area contributed by atoms with Gasteiger partial charge in [-0.15, -0.1) is 11.3 Å². The van der Waals surface area contributed by atoms with E-state index in [4.69, 9.17) is 0 Å². The lowest BCUT2D eigenvalue weighted by atomic mass is 10.1. The summed E-state index contributed by atoms with van der Waals surface area (Å²) in [5, 5.41) is 0. The second kappa shape index (κ2) is 5.68. The fourth-order valence-corrected chi connectivity index (χ4v) is 6.23. The van der Waals surface area contributed by atoms with Gasteiger partial charge in [0.25, 0.3) is 0 Å². The Morgan fingerprint density at radius 2 is 1.75 bits per heavy atom.